The van der Waals surface area contributed by atoms with E-state index in [1.54, 1.807) is 7.11 Å². The average Bonchev–Trinajstić information content (AvgIpc) is 3.23. The fourth-order valence-corrected chi connectivity index (χ4v) is 4.58. The van der Waals surface area contributed by atoms with Gasteiger partial charge in [0.1, 0.15) is 6.61 Å². The van der Waals surface area contributed by atoms with Crippen molar-refractivity contribution in [3.05, 3.63) is 29.8 Å². The van der Waals surface area contributed by atoms with Gasteiger partial charge in [0.05, 0.1) is 6.04 Å². The van der Waals surface area contributed by atoms with Gasteiger partial charge in [0.15, 0.2) is 0 Å². The SMILES string of the molecule is COCC(=O)N1CCN(C(C(=O)Nc2ccc(C(C)C)cc2)C2CCCC2)CC1. The van der Waals surface area contributed by atoms with Gasteiger partial charge in [-0.15, -0.1) is 0 Å². The summed E-state index contributed by atoms with van der Waals surface area (Å²) in [4.78, 5) is 29.5. The number of nitrogens with one attached hydrogen (secondary N) is 1. The summed E-state index contributed by atoms with van der Waals surface area (Å²) in [6.07, 6.45) is 4.61. The lowest BCUT2D eigenvalue weighted by atomic mass is 9.94. The predicted molar refractivity (Wildman–Crippen MR) is 115 cm³/mol. The molecule has 1 aromatic carbocycles. The number of hydrogen-bond donors (Lipinski definition) is 1. The van der Waals surface area contributed by atoms with Gasteiger partial charge in [-0.3, -0.25) is 14.5 Å². The Balaban J connectivity index is 1.66. The molecule has 6 nitrogen and oxygen atoms in total. The summed E-state index contributed by atoms with van der Waals surface area (Å²) < 4.78 is 4.97. The second-order valence-corrected chi connectivity index (χ2v) is 8.61. The van der Waals surface area contributed by atoms with E-state index in [0.29, 0.717) is 24.9 Å². The molecular formula is C23H35N3O3. The summed E-state index contributed by atoms with van der Waals surface area (Å²) in [7, 11) is 1.54. The molecule has 0 spiro atoms. The van der Waals surface area contributed by atoms with Crippen LogP contribution < -0.4 is 5.32 Å². The van der Waals surface area contributed by atoms with Crippen LogP contribution in [-0.2, 0) is 14.3 Å². The number of anilines is 1. The third-order valence-corrected chi connectivity index (χ3v) is 6.29. The minimum atomic E-state index is -0.123. The van der Waals surface area contributed by atoms with Gasteiger partial charge >= 0.3 is 0 Å². The number of hydrogen-bond acceptors (Lipinski definition) is 4. The molecule has 29 heavy (non-hydrogen) atoms. The van der Waals surface area contributed by atoms with Crippen LogP contribution in [0.3, 0.4) is 0 Å². The number of carbonyl (C=O) groups excluding carboxylic acids is 2. The van der Waals surface area contributed by atoms with Crippen molar-refractivity contribution in [2.75, 3.05) is 45.2 Å². The Labute approximate surface area is 174 Å². The standard InChI is InChI=1S/C23H35N3O3/c1-17(2)18-8-10-20(11-9-18)24-23(28)22(19-6-4-5-7-19)26-14-12-25(13-15-26)21(27)16-29-3/h8-11,17,19,22H,4-7,12-16H2,1-3H3,(H,24,28). The summed E-state index contributed by atoms with van der Waals surface area (Å²) in [5.41, 5.74) is 2.13. The fraction of sp³-hybridized carbons (Fsp3) is 0.652. The predicted octanol–water partition coefficient (Wildman–Crippen LogP) is 3.10. The third-order valence-electron chi connectivity index (χ3n) is 6.29. The number of ether oxygens (including phenoxy) is 1. The first-order chi connectivity index (χ1) is 14.0. The zero-order valence-electron chi connectivity index (χ0n) is 18.0. The number of amides is 2. The first-order valence-electron chi connectivity index (χ1n) is 10.9. The van der Waals surface area contributed by atoms with Gasteiger partial charge in [-0.1, -0.05) is 38.8 Å². The van der Waals surface area contributed by atoms with Crippen LogP contribution in [0.2, 0.25) is 0 Å². The van der Waals surface area contributed by atoms with Gasteiger partial charge in [0.25, 0.3) is 0 Å². The molecule has 1 N–H and O–H groups in total. The molecule has 1 atom stereocenters. The van der Waals surface area contributed by atoms with Crippen molar-refractivity contribution in [2.24, 2.45) is 5.92 Å². The first kappa shape index (κ1) is 21.8. The van der Waals surface area contributed by atoms with E-state index in [1.807, 2.05) is 17.0 Å². The largest absolute Gasteiger partial charge is 0.375 e. The van der Waals surface area contributed by atoms with Crippen LogP contribution in [0.4, 0.5) is 5.69 Å². The van der Waals surface area contributed by atoms with Crippen molar-refractivity contribution in [1.29, 1.82) is 0 Å². The molecule has 1 saturated heterocycles. The van der Waals surface area contributed by atoms with Crippen molar-refractivity contribution in [3.8, 4) is 0 Å². The number of methoxy groups -OCH3 is 1. The minimum absolute atomic E-state index is 0.0271. The van der Waals surface area contributed by atoms with E-state index in [0.717, 1.165) is 31.6 Å². The summed E-state index contributed by atoms with van der Waals surface area (Å²) >= 11 is 0. The molecule has 2 aliphatic rings. The van der Waals surface area contributed by atoms with Crippen molar-refractivity contribution in [3.63, 3.8) is 0 Å². The Morgan fingerprint density at radius 1 is 1.07 bits per heavy atom. The van der Waals surface area contributed by atoms with Crippen LogP contribution in [-0.4, -0.2) is 67.6 Å². The summed E-state index contributed by atoms with van der Waals surface area (Å²) in [5.74, 6) is 0.986. The monoisotopic (exact) mass is 401 g/mol. The maximum absolute atomic E-state index is 13.3. The zero-order valence-corrected chi connectivity index (χ0v) is 18.0. The van der Waals surface area contributed by atoms with E-state index in [2.05, 4.69) is 36.2 Å². The molecule has 3 rings (SSSR count). The molecule has 1 unspecified atom stereocenters. The maximum Gasteiger partial charge on any atom is 0.248 e. The van der Waals surface area contributed by atoms with Crippen molar-refractivity contribution < 1.29 is 14.3 Å². The number of rotatable bonds is 7. The Hall–Kier alpha value is -1.92. The van der Waals surface area contributed by atoms with Crippen molar-refractivity contribution in [1.82, 2.24) is 9.80 Å². The normalized spacial score (nSPS) is 19.5. The Morgan fingerprint density at radius 2 is 1.69 bits per heavy atom. The Morgan fingerprint density at radius 3 is 2.24 bits per heavy atom. The lowest BCUT2D eigenvalue weighted by molar-refractivity contribution is -0.138. The van der Waals surface area contributed by atoms with Gasteiger partial charge in [0.2, 0.25) is 11.8 Å². The van der Waals surface area contributed by atoms with Crippen LogP contribution in [0, 0.1) is 5.92 Å². The third kappa shape index (κ3) is 5.58. The zero-order chi connectivity index (χ0) is 20.8. The molecule has 1 heterocycles. The molecule has 0 bridgehead atoms. The van der Waals surface area contributed by atoms with Crippen LogP contribution in [0.25, 0.3) is 0 Å². The van der Waals surface area contributed by atoms with E-state index in [-0.39, 0.29) is 24.5 Å². The Bertz CT molecular complexity index is 675. The van der Waals surface area contributed by atoms with Gasteiger partial charge in [-0.25, -0.2) is 0 Å². The highest BCUT2D eigenvalue weighted by Gasteiger charge is 2.37. The molecular weight excluding hydrogens is 366 g/mol. The van der Waals surface area contributed by atoms with Gasteiger partial charge in [-0.05, 0) is 42.4 Å². The number of benzene rings is 1. The van der Waals surface area contributed by atoms with Crippen LogP contribution in [0.15, 0.2) is 24.3 Å². The molecule has 2 amide bonds. The van der Waals surface area contributed by atoms with Crippen molar-refractivity contribution >= 4 is 17.5 Å². The number of carbonyl (C=O) groups is 2. The van der Waals surface area contributed by atoms with E-state index in [9.17, 15) is 9.59 Å². The van der Waals surface area contributed by atoms with E-state index >= 15 is 0 Å². The fourth-order valence-electron chi connectivity index (χ4n) is 4.58. The van der Waals surface area contributed by atoms with E-state index in [1.165, 1.54) is 18.4 Å². The average molecular weight is 402 g/mol. The first-order valence-corrected chi connectivity index (χ1v) is 10.9. The molecule has 0 aromatic heterocycles. The lowest BCUT2D eigenvalue weighted by Crippen LogP contribution is -2.57. The lowest BCUT2D eigenvalue weighted by Gasteiger charge is -2.40. The van der Waals surface area contributed by atoms with E-state index < -0.39 is 0 Å². The highest BCUT2D eigenvalue weighted by atomic mass is 16.5. The molecule has 1 aliphatic heterocycles. The van der Waals surface area contributed by atoms with E-state index in [4.69, 9.17) is 4.74 Å². The molecule has 6 heteroatoms. The second-order valence-electron chi connectivity index (χ2n) is 8.61. The summed E-state index contributed by atoms with van der Waals surface area (Å²) in [6, 6.07) is 8.05. The molecule has 1 aromatic rings. The van der Waals surface area contributed by atoms with Crippen LogP contribution in [0.5, 0.6) is 0 Å². The number of nitrogens with zero attached hydrogens (tertiary/aromatic N) is 2. The summed E-state index contributed by atoms with van der Waals surface area (Å²) in [6.45, 7) is 7.23. The van der Waals surface area contributed by atoms with Gasteiger partial charge in [-0.2, -0.15) is 0 Å². The molecule has 1 saturated carbocycles. The number of piperazine rings is 1. The second kappa shape index (κ2) is 10.2. The van der Waals surface area contributed by atoms with Crippen LogP contribution >= 0.6 is 0 Å². The van der Waals surface area contributed by atoms with Crippen molar-refractivity contribution in [2.45, 2.75) is 51.5 Å². The molecule has 2 fully saturated rings. The minimum Gasteiger partial charge on any atom is -0.375 e. The Kier molecular flexibility index (Phi) is 7.67. The molecule has 160 valence electrons. The van der Waals surface area contributed by atoms with Gasteiger partial charge in [0, 0.05) is 39.0 Å². The summed E-state index contributed by atoms with van der Waals surface area (Å²) in [5, 5.41) is 3.16. The highest BCUT2D eigenvalue weighted by Crippen LogP contribution is 2.31. The highest BCUT2D eigenvalue weighted by molar-refractivity contribution is 5.95. The molecule has 0 radical (unpaired) electrons. The smallest absolute Gasteiger partial charge is 0.248 e. The topological polar surface area (TPSA) is 61.9 Å². The quantitative estimate of drug-likeness (QED) is 0.763. The van der Waals surface area contributed by atoms with Crippen LogP contribution in [0.1, 0.15) is 51.0 Å². The molecule has 1 aliphatic carbocycles. The van der Waals surface area contributed by atoms with Gasteiger partial charge < -0.3 is 15.0 Å². The maximum atomic E-state index is 13.3.